The molecule has 0 radical (unpaired) electrons. The molecular weight excluding hydrogens is 445 g/mol. The van der Waals surface area contributed by atoms with Gasteiger partial charge in [-0.2, -0.15) is 0 Å². The minimum Gasteiger partial charge on any atom is -0.481 e. The number of nitrogens with zero attached hydrogens (tertiary/aromatic N) is 1. The van der Waals surface area contributed by atoms with E-state index in [0.29, 0.717) is 10.9 Å². The van der Waals surface area contributed by atoms with E-state index >= 15 is 0 Å². The lowest BCUT2D eigenvalue weighted by molar-refractivity contribution is -0.873. The zero-order chi connectivity index (χ0) is 25.2. The van der Waals surface area contributed by atoms with Gasteiger partial charge in [-0.3, -0.25) is 13.8 Å². The second kappa shape index (κ2) is 18.6. The molecule has 196 valence electrons. The van der Waals surface area contributed by atoms with Crippen molar-refractivity contribution >= 4 is 13.8 Å². The van der Waals surface area contributed by atoms with Crippen LogP contribution in [0.1, 0.15) is 90.4 Å². The number of phosphoric acid groups is 1. The quantitative estimate of drug-likeness (QED) is 0.0599. The summed E-state index contributed by atoms with van der Waals surface area (Å²) in [4.78, 5) is 21.4. The van der Waals surface area contributed by atoms with Crippen LogP contribution in [0.25, 0.3) is 0 Å². The molecule has 2 unspecified atom stereocenters. The maximum atomic E-state index is 12.6. The standard InChI is InChI=1S/C24H48NO7P/c1-6-8-9-10-11-12-13-14-15-16-17-18-24(30-19-7-2)32-33(28,29)31-22(20-23(26)27)21-25(3,4)5/h7,22,24H,2,6,8-21H2,1,3-5H3,(H-,26,27,28,29)/p+1/t22-,24?/m1/s1. The highest BCUT2D eigenvalue weighted by Gasteiger charge is 2.34. The number of carboxylic acid groups (broad SMARTS) is 1. The Hall–Kier alpha value is -0.760. The highest BCUT2D eigenvalue weighted by molar-refractivity contribution is 7.47. The van der Waals surface area contributed by atoms with Crippen molar-refractivity contribution in [2.24, 2.45) is 0 Å². The molecule has 8 nitrogen and oxygen atoms in total. The number of likely N-dealkylation sites (N-methyl/N-ethyl adjacent to an activating group) is 1. The Morgan fingerprint density at radius 1 is 0.970 bits per heavy atom. The van der Waals surface area contributed by atoms with Crippen LogP contribution in [-0.4, -0.2) is 67.1 Å². The summed E-state index contributed by atoms with van der Waals surface area (Å²) in [5.74, 6) is -1.10. The van der Waals surface area contributed by atoms with Gasteiger partial charge in [-0.15, -0.1) is 6.58 Å². The summed E-state index contributed by atoms with van der Waals surface area (Å²) in [5, 5.41) is 9.11. The van der Waals surface area contributed by atoms with Gasteiger partial charge >= 0.3 is 13.8 Å². The summed E-state index contributed by atoms with van der Waals surface area (Å²) in [6, 6.07) is 0. The number of hydrogen-bond acceptors (Lipinski definition) is 5. The molecule has 9 heteroatoms. The van der Waals surface area contributed by atoms with Crippen molar-refractivity contribution in [1.29, 1.82) is 0 Å². The summed E-state index contributed by atoms with van der Waals surface area (Å²) in [5.41, 5.74) is 0. The van der Waals surface area contributed by atoms with E-state index in [-0.39, 0.29) is 19.6 Å². The number of ether oxygens (including phenoxy) is 1. The molecular formula is C24H49NO7P+. The third kappa shape index (κ3) is 21.5. The highest BCUT2D eigenvalue weighted by atomic mass is 31.2. The smallest absolute Gasteiger partial charge is 0.475 e. The first-order chi connectivity index (χ1) is 15.5. The van der Waals surface area contributed by atoms with Crippen molar-refractivity contribution in [3.8, 4) is 0 Å². The van der Waals surface area contributed by atoms with Crippen LogP contribution in [0.5, 0.6) is 0 Å². The summed E-state index contributed by atoms with van der Waals surface area (Å²) < 4.78 is 29.0. The molecule has 33 heavy (non-hydrogen) atoms. The Bertz CT molecular complexity index is 566. The average molecular weight is 495 g/mol. The van der Waals surface area contributed by atoms with Gasteiger partial charge in [0.1, 0.15) is 12.6 Å². The summed E-state index contributed by atoms with van der Waals surface area (Å²) in [6.07, 6.45) is 13.0. The Morgan fingerprint density at radius 3 is 1.94 bits per heavy atom. The second-order valence-electron chi connectivity index (χ2n) is 9.75. The van der Waals surface area contributed by atoms with Crippen molar-refractivity contribution in [2.75, 3.05) is 34.3 Å². The largest absolute Gasteiger partial charge is 0.481 e. The van der Waals surface area contributed by atoms with Crippen molar-refractivity contribution in [3.63, 3.8) is 0 Å². The Morgan fingerprint density at radius 2 is 1.48 bits per heavy atom. The van der Waals surface area contributed by atoms with Crippen LogP contribution in [0.2, 0.25) is 0 Å². The van der Waals surface area contributed by atoms with Gasteiger partial charge in [0, 0.05) is 0 Å². The summed E-state index contributed by atoms with van der Waals surface area (Å²) in [7, 11) is 1.05. The van der Waals surface area contributed by atoms with E-state index in [0.717, 1.165) is 19.3 Å². The number of carboxylic acids is 1. The summed E-state index contributed by atoms with van der Waals surface area (Å²) in [6.45, 7) is 6.26. The molecule has 0 fully saturated rings. The number of aliphatic carboxylic acids is 1. The summed E-state index contributed by atoms with van der Waals surface area (Å²) >= 11 is 0. The first-order valence-electron chi connectivity index (χ1n) is 12.4. The Balaban J connectivity index is 4.44. The fraction of sp³-hybridized carbons (Fsp3) is 0.875. The fourth-order valence-electron chi connectivity index (χ4n) is 3.62. The third-order valence-corrected chi connectivity index (χ3v) is 6.20. The van der Waals surface area contributed by atoms with Crippen molar-refractivity contribution < 1.29 is 37.6 Å². The average Bonchev–Trinajstić information content (AvgIpc) is 2.67. The van der Waals surface area contributed by atoms with E-state index in [2.05, 4.69) is 13.5 Å². The van der Waals surface area contributed by atoms with Crippen molar-refractivity contribution in [2.45, 2.75) is 103 Å². The van der Waals surface area contributed by atoms with E-state index < -0.39 is 26.2 Å². The SMILES string of the molecule is C=CCOC(CCCCCCCCCCCCC)OP(=O)(O)O[C@H](CC(=O)O)C[N+](C)(C)C. The molecule has 0 aliphatic rings. The van der Waals surface area contributed by atoms with Gasteiger partial charge in [-0.05, 0) is 12.8 Å². The van der Waals surface area contributed by atoms with Crippen LogP contribution in [0.15, 0.2) is 12.7 Å². The second-order valence-corrected chi connectivity index (χ2v) is 11.1. The third-order valence-electron chi connectivity index (χ3n) is 5.13. The molecule has 0 saturated carbocycles. The number of phosphoric ester groups is 1. The predicted molar refractivity (Wildman–Crippen MR) is 132 cm³/mol. The zero-order valence-electron chi connectivity index (χ0n) is 21.4. The lowest BCUT2D eigenvalue weighted by Crippen LogP contribution is -2.43. The van der Waals surface area contributed by atoms with E-state index in [1.54, 1.807) is 6.08 Å². The topological polar surface area (TPSA) is 102 Å². The van der Waals surface area contributed by atoms with Crippen LogP contribution >= 0.6 is 7.82 Å². The van der Waals surface area contributed by atoms with Crippen LogP contribution in [-0.2, 0) is 23.1 Å². The molecule has 0 aromatic rings. The van der Waals surface area contributed by atoms with E-state index in [9.17, 15) is 14.3 Å². The lowest BCUT2D eigenvalue weighted by atomic mass is 10.1. The van der Waals surface area contributed by atoms with Crippen LogP contribution in [0.4, 0.5) is 0 Å². The van der Waals surface area contributed by atoms with E-state index in [4.69, 9.17) is 18.9 Å². The minimum absolute atomic E-state index is 0.181. The number of rotatable bonds is 23. The Kier molecular flexibility index (Phi) is 18.1. The van der Waals surface area contributed by atoms with Gasteiger partial charge in [0.15, 0.2) is 6.29 Å². The monoisotopic (exact) mass is 494 g/mol. The molecule has 0 spiro atoms. The number of unbranched alkanes of at least 4 members (excludes halogenated alkanes) is 10. The molecule has 2 N–H and O–H groups in total. The fourth-order valence-corrected chi connectivity index (χ4v) is 4.65. The van der Waals surface area contributed by atoms with Gasteiger partial charge in [-0.1, -0.05) is 77.2 Å². The maximum absolute atomic E-state index is 12.6. The Labute approximate surface area is 201 Å². The first kappa shape index (κ1) is 32.2. The maximum Gasteiger partial charge on any atom is 0.475 e. The molecule has 0 saturated heterocycles. The number of carbonyl (C=O) groups is 1. The van der Waals surface area contributed by atoms with Crippen molar-refractivity contribution in [3.05, 3.63) is 12.7 Å². The van der Waals surface area contributed by atoms with Crippen LogP contribution in [0, 0.1) is 0 Å². The van der Waals surface area contributed by atoms with Gasteiger partial charge < -0.3 is 19.2 Å². The molecule has 0 aromatic carbocycles. The molecule has 0 heterocycles. The number of hydrogen-bond donors (Lipinski definition) is 2. The molecule has 0 aromatic heterocycles. The van der Waals surface area contributed by atoms with Gasteiger partial charge in [0.25, 0.3) is 0 Å². The molecule has 3 atom stereocenters. The molecule has 0 bridgehead atoms. The minimum atomic E-state index is -4.50. The van der Waals surface area contributed by atoms with E-state index in [1.807, 2.05) is 21.1 Å². The molecule has 0 aliphatic heterocycles. The van der Waals surface area contributed by atoms with E-state index in [1.165, 1.54) is 51.4 Å². The highest BCUT2D eigenvalue weighted by Crippen LogP contribution is 2.47. The molecule has 0 aliphatic carbocycles. The first-order valence-corrected chi connectivity index (χ1v) is 13.9. The lowest BCUT2D eigenvalue weighted by Gasteiger charge is -2.30. The normalized spacial score (nSPS) is 15.7. The van der Waals surface area contributed by atoms with Crippen LogP contribution in [0.3, 0.4) is 0 Å². The van der Waals surface area contributed by atoms with Crippen molar-refractivity contribution in [1.82, 2.24) is 0 Å². The van der Waals surface area contributed by atoms with Gasteiger partial charge in [0.2, 0.25) is 0 Å². The number of quaternary nitrogens is 1. The molecule has 0 rings (SSSR count). The predicted octanol–water partition coefficient (Wildman–Crippen LogP) is 5.90. The zero-order valence-corrected chi connectivity index (χ0v) is 22.3. The van der Waals surface area contributed by atoms with Gasteiger partial charge in [0.05, 0.1) is 34.2 Å². The van der Waals surface area contributed by atoms with Gasteiger partial charge in [-0.25, -0.2) is 4.57 Å². The van der Waals surface area contributed by atoms with Crippen LogP contribution < -0.4 is 0 Å². The molecule has 0 amide bonds.